The zero-order valence-corrected chi connectivity index (χ0v) is 36.9. The fourth-order valence-corrected chi connectivity index (χ4v) is 17.3. The van der Waals surface area contributed by atoms with Gasteiger partial charge in [0.1, 0.15) is 6.67 Å². The molecule has 56 heavy (non-hydrogen) atoms. The third-order valence-corrected chi connectivity index (χ3v) is 21.6. The molecule has 0 aromatic heterocycles. The summed E-state index contributed by atoms with van der Waals surface area (Å²) in [5, 5.41) is 13.8. The first kappa shape index (κ1) is 42.6. The van der Waals surface area contributed by atoms with E-state index in [0.29, 0.717) is 68.6 Å². The lowest BCUT2D eigenvalue weighted by atomic mass is 9.33. The van der Waals surface area contributed by atoms with E-state index in [1.807, 2.05) is 4.90 Å². The number of nitrogens with zero attached hydrogens (tertiary/aromatic N) is 1. The lowest BCUT2D eigenvalue weighted by molar-refractivity contribution is -0.221. The van der Waals surface area contributed by atoms with E-state index in [0.717, 1.165) is 38.5 Å². The molecule has 1 aliphatic heterocycles. The predicted octanol–water partition coefficient (Wildman–Crippen LogP) is 7.82. The Hall–Kier alpha value is -1.56. The molecule has 7 rings (SSSR count). The Bertz CT molecular complexity index is 1860. The molecular weight excluding hydrogens is 748 g/mol. The molecule has 2 N–H and O–H groups in total. The van der Waals surface area contributed by atoms with Crippen molar-refractivity contribution in [2.75, 3.05) is 55.9 Å². The average Bonchev–Trinajstić information content (AvgIpc) is 3.51. The molecule has 1 saturated heterocycles. The molecule has 1 heterocycles. The Morgan fingerprint density at radius 2 is 1.64 bits per heavy atom. The van der Waals surface area contributed by atoms with Crippen molar-refractivity contribution in [3.63, 3.8) is 0 Å². The van der Waals surface area contributed by atoms with E-state index in [9.17, 15) is 31.1 Å². The minimum Gasteiger partial charge on any atom is -0.481 e. The summed E-state index contributed by atoms with van der Waals surface area (Å²) in [6.07, 6.45) is 15.9. The summed E-state index contributed by atoms with van der Waals surface area (Å²) >= 11 is 0. The van der Waals surface area contributed by atoms with Crippen LogP contribution < -0.4 is 5.32 Å². The summed E-state index contributed by atoms with van der Waals surface area (Å²) in [4.78, 5) is 14.0. The van der Waals surface area contributed by atoms with Gasteiger partial charge in [0.05, 0.1) is 28.4 Å². The maximum Gasteiger partial charge on any atom is 0.312 e. The number of nitrogens with one attached hydrogen (secondary N) is 1. The first-order valence-corrected chi connectivity index (χ1v) is 25.5. The van der Waals surface area contributed by atoms with Gasteiger partial charge < -0.3 is 15.3 Å². The number of fused-ring (bicyclic) bond motifs is 7. The first-order chi connectivity index (χ1) is 26.1. The quantitative estimate of drug-likeness (QED) is 0.203. The summed E-state index contributed by atoms with van der Waals surface area (Å²) in [5.41, 5.74) is 2.89. The van der Waals surface area contributed by atoms with Crippen molar-refractivity contribution in [2.24, 2.45) is 56.7 Å². The summed E-state index contributed by atoms with van der Waals surface area (Å²) in [6, 6.07) is 0. The number of aliphatic carboxylic acids is 1. The van der Waals surface area contributed by atoms with Crippen LogP contribution in [0, 0.1) is 56.7 Å². The Labute approximate surface area is 337 Å². The van der Waals surface area contributed by atoms with Gasteiger partial charge >= 0.3 is 5.97 Å². The van der Waals surface area contributed by atoms with Gasteiger partial charge in [-0.2, -0.15) is 0 Å². The average molecular weight is 819 g/mol. The molecule has 6 aliphatic carbocycles. The van der Waals surface area contributed by atoms with E-state index in [1.54, 1.807) is 0 Å². The largest absolute Gasteiger partial charge is 0.481 e. The standard InChI is InChI=1S/C45H71FN2O6S2/c1-31(2)33-12-19-45(47-22-26-55(51,52)27-23-48-24-28-56(53,54)29-25-48)21-20-42(6)35(38(33)45)8-9-37-41(5)15-13-34(40(3,4)36(41)14-16-43(37,42)7)32-10-17-44(30-46,18-11-32)39(49)50/h10,13,33,35-38,47H,1,8-9,11-12,14-30H2,2-7H3,(H,49,50)/t33-,35+,36-,37+,38+,41-,42+,43+,44?,45-/m0/s1. The zero-order chi connectivity index (χ0) is 40.7. The molecule has 10 atom stereocenters. The highest BCUT2D eigenvalue weighted by Gasteiger charge is 2.70. The summed E-state index contributed by atoms with van der Waals surface area (Å²) in [7, 11) is -6.30. The number of halogens is 1. The van der Waals surface area contributed by atoms with Crippen LogP contribution in [0.5, 0.6) is 0 Å². The van der Waals surface area contributed by atoms with Crippen molar-refractivity contribution < 1.29 is 31.1 Å². The topological polar surface area (TPSA) is 121 Å². The molecule has 5 fully saturated rings. The minimum atomic E-state index is -3.30. The Kier molecular flexibility index (Phi) is 11.1. The molecule has 316 valence electrons. The normalized spacial score (nSPS) is 43.3. The molecule has 1 unspecified atom stereocenters. The smallest absolute Gasteiger partial charge is 0.312 e. The van der Waals surface area contributed by atoms with Crippen molar-refractivity contribution in [1.29, 1.82) is 0 Å². The Morgan fingerprint density at radius 1 is 0.929 bits per heavy atom. The first-order valence-electron chi connectivity index (χ1n) is 21.8. The lowest BCUT2D eigenvalue weighted by Gasteiger charge is -2.72. The van der Waals surface area contributed by atoms with Crippen LogP contribution in [0.3, 0.4) is 0 Å². The molecule has 11 heteroatoms. The number of carboxylic acid groups (broad SMARTS) is 1. The predicted molar refractivity (Wildman–Crippen MR) is 222 cm³/mol. The van der Waals surface area contributed by atoms with Gasteiger partial charge in [-0.15, -0.1) is 0 Å². The molecule has 0 spiro atoms. The van der Waals surface area contributed by atoms with Crippen LogP contribution in [0.2, 0.25) is 0 Å². The van der Waals surface area contributed by atoms with E-state index in [2.05, 4.69) is 65.6 Å². The molecule has 0 radical (unpaired) electrons. The Morgan fingerprint density at radius 3 is 2.27 bits per heavy atom. The van der Waals surface area contributed by atoms with Crippen molar-refractivity contribution >= 4 is 25.6 Å². The van der Waals surface area contributed by atoms with Crippen LogP contribution in [0.15, 0.2) is 35.5 Å². The number of carboxylic acids is 1. The number of alkyl halides is 1. The highest BCUT2D eigenvalue weighted by molar-refractivity contribution is 7.91. The molecule has 0 amide bonds. The third kappa shape index (κ3) is 6.84. The second kappa shape index (κ2) is 14.6. The highest BCUT2D eigenvalue weighted by atomic mass is 32.2. The van der Waals surface area contributed by atoms with E-state index in [-0.39, 0.29) is 56.6 Å². The Balaban J connectivity index is 1.08. The van der Waals surface area contributed by atoms with Gasteiger partial charge in [0, 0.05) is 31.7 Å². The van der Waals surface area contributed by atoms with Crippen molar-refractivity contribution in [3.05, 3.63) is 35.5 Å². The van der Waals surface area contributed by atoms with Gasteiger partial charge in [0.25, 0.3) is 0 Å². The molecule has 0 bridgehead atoms. The number of hydrogen-bond acceptors (Lipinski definition) is 7. The van der Waals surface area contributed by atoms with E-state index >= 15 is 0 Å². The zero-order valence-electron chi connectivity index (χ0n) is 35.2. The fraction of sp³-hybridized carbons (Fsp3) is 0.844. The van der Waals surface area contributed by atoms with Crippen LogP contribution in [0.1, 0.15) is 119 Å². The summed E-state index contributed by atoms with van der Waals surface area (Å²) in [6.45, 7) is 20.3. The monoisotopic (exact) mass is 818 g/mol. The summed E-state index contributed by atoms with van der Waals surface area (Å²) < 4.78 is 64.3. The van der Waals surface area contributed by atoms with Crippen LogP contribution in [0.4, 0.5) is 4.39 Å². The van der Waals surface area contributed by atoms with Gasteiger partial charge in [0.15, 0.2) is 19.7 Å². The van der Waals surface area contributed by atoms with E-state index < -0.39 is 37.7 Å². The maximum atomic E-state index is 14.0. The number of allylic oxidation sites excluding steroid dienone is 5. The molecule has 0 aromatic carbocycles. The van der Waals surface area contributed by atoms with Gasteiger partial charge in [-0.25, -0.2) is 21.2 Å². The van der Waals surface area contributed by atoms with Crippen LogP contribution in [-0.2, 0) is 24.5 Å². The molecular formula is C45H71FN2O6S2. The lowest BCUT2D eigenvalue weighted by Crippen LogP contribution is -2.68. The molecule has 8 nitrogen and oxygen atoms in total. The van der Waals surface area contributed by atoms with Crippen LogP contribution >= 0.6 is 0 Å². The number of sulfone groups is 2. The van der Waals surface area contributed by atoms with Crippen LogP contribution in [-0.4, -0.2) is 94.2 Å². The minimum absolute atomic E-state index is 0.0617. The fourth-order valence-electron chi connectivity index (χ4n) is 14.9. The molecule has 0 aromatic rings. The second-order valence-electron chi connectivity index (χ2n) is 21.1. The third-order valence-electron chi connectivity index (χ3n) is 18.4. The number of carbonyl (C=O) groups is 1. The highest BCUT2D eigenvalue weighted by Crippen LogP contribution is 2.76. The van der Waals surface area contributed by atoms with Gasteiger partial charge in [-0.1, -0.05) is 58.9 Å². The van der Waals surface area contributed by atoms with E-state index in [4.69, 9.17) is 0 Å². The summed E-state index contributed by atoms with van der Waals surface area (Å²) in [5.74, 6) is 1.83. The SMILES string of the molecule is C=C(C)[C@@H]1CC[C@]2(NCCS(=O)(=O)CCN3CCS(=O)(=O)CC3)CC[C@]3(C)[C@H](CC[C@@H]4[C@@]5(C)CC=C(C6=CCC(CF)(C(=O)O)CC6)C(C)(C)[C@@H]5CC[C@]43C)[C@@H]12. The van der Waals surface area contributed by atoms with E-state index in [1.165, 1.54) is 36.0 Å². The van der Waals surface area contributed by atoms with Crippen molar-refractivity contribution in [1.82, 2.24) is 10.2 Å². The molecule has 7 aliphatic rings. The number of rotatable bonds is 11. The molecule has 4 saturated carbocycles. The van der Waals surface area contributed by atoms with Crippen LogP contribution in [0.25, 0.3) is 0 Å². The van der Waals surface area contributed by atoms with Gasteiger partial charge in [0.2, 0.25) is 0 Å². The van der Waals surface area contributed by atoms with Gasteiger partial charge in [-0.3, -0.25) is 4.79 Å². The van der Waals surface area contributed by atoms with Gasteiger partial charge in [-0.05, 0) is 146 Å². The van der Waals surface area contributed by atoms with Crippen molar-refractivity contribution in [2.45, 2.75) is 124 Å². The van der Waals surface area contributed by atoms with Crippen molar-refractivity contribution in [3.8, 4) is 0 Å². The number of hydrogen-bond donors (Lipinski definition) is 2. The maximum absolute atomic E-state index is 14.0. The second-order valence-corrected chi connectivity index (χ2v) is 25.7.